The van der Waals surface area contributed by atoms with Crippen molar-refractivity contribution in [1.82, 2.24) is 0 Å². The van der Waals surface area contributed by atoms with Gasteiger partial charge in [-0.05, 0) is 51.4 Å². The van der Waals surface area contributed by atoms with Crippen molar-refractivity contribution in [2.24, 2.45) is 0 Å². The van der Waals surface area contributed by atoms with Crippen LogP contribution in [-0.2, 0) is 14.4 Å². The summed E-state index contributed by atoms with van der Waals surface area (Å²) < 4.78 is 0. The van der Waals surface area contributed by atoms with Gasteiger partial charge < -0.3 is 0 Å². The minimum Gasteiger partial charge on any atom is -0.300 e. The van der Waals surface area contributed by atoms with Crippen molar-refractivity contribution in [3.05, 3.63) is 24.3 Å². The standard InChI is InChI=1S/C30H52O3/c1-3-4-5-6-7-8-9-10-11-12-13-14-15-16-17-18-19-22-25-29(32)26-23-20-21-24-27-30(33)28(2)31/h12-13,15-16H,3-11,14,17-27H2,1-2H3. The van der Waals surface area contributed by atoms with Crippen molar-refractivity contribution in [1.29, 1.82) is 0 Å². The quantitative estimate of drug-likeness (QED) is 0.0775. The summed E-state index contributed by atoms with van der Waals surface area (Å²) in [5.74, 6) is -0.250. The molecule has 3 heteroatoms. The number of rotatable bonds is 25. The van der Waals surface area contributed by atoms with Crippen LogP contribution >= 0.6 is 0 Å². The Morgan fingerprint density at radius 1 is 0.515 bits per heavy atom. The molecule has 0 amide bonds. The Labute approximate surface area is 204 Å². The van der Waals surface area contributed by atoms with Gasteiger partial charge in [0, 0.05) is 26.2 Å². The summed E-state index contributed by atoms with van der Waals surface area (Å²) in [5, 5.41) is 0. The molecule has 0 spiro atoms. The summed E-state index contributed by atoms with van der Waals surface area (Å²) in [4.78, 5) is 34.0. The zero-order chi connectivity index (χ0) is 24.4. The zero-order valence-corrected chi connectivity index (χ0v) is 21.9. The molecule has 190 valence electrons. The average molecular weight is 461 g/mol. The highest BCUT2D eigenvalue weighted by molar-refractivity contribution is 6.36. The molecule has 0 aromatic carbocycles. The van der Waals surface area contributed by atoms with Gasteiger partial charge in [0.1, 0.15) is 5.78 Å². The molecule has 0 bridgehead atoms. The molecule has 3 nitrogen and oxygen atoms in total. The van der Waals surface area contributed by atoms with Crippen LogP contribution in [0.5, 0.6) is 0 Å². The fraction of sp³-hybridized carbons (Fsp3) is 0.767. The molecule has 33 heavy (non-hydrogen) atoms. The van der Waals surface area contributed by atoms with Gasteiger partial charge in [-0.1, -0.05) is 95.4 Å². The fourth-order valence-corrected chi connectivity index (χ4v) is 3.93. The van der Waals surface area contributed by atoms with Crippen molar-refractivity contribution in [3.63, 3.8) is 0 Å². The number of allylic oxidation sites excluding steroid dienone is 4. The first-order valence-corrected chi connectivity index (χ1v) is 13.9. The van der Waals surface area contributed by atoms with E-state index in [1.807, 2.05) is 0 Å². The second-order valence-corrected chi connectivity index (χ2v) is 9.47. The van der Waals surface area contributed by atoms with Crippen molar-refractivity contribution >= 4 is 17.3 Å². The molecule has 0 aliphatic rings. The van der Waals surface area contributed by atoms with E-state index in [1.54, 1.807) is 0 Å². The van der Waals surface area contributed by atoms with Gasteiger partial charge in [0.2, 0.25) is 0 Å². The van der Waals surface area contributed by atoms with Crippen molar-refractivity contribution in [3.8, 4) is 0 Å². The summed E-state index contributed by atoms with van der Waals surface area (Å²) in [6.45, 7) is 3.60. The van der Waals surface area contributed by atoms with E-state index in [2.05, 4.69) is 31.2 Å². The van der Waals surface area contributed by atoms with Gasteiger partial charge in [-0.15, -0.1) is 0 Å². The Hall–Kier alpha value is -1.51. The lowest BCUT2D eigenvalue weighted by molar-refractivity contribution is -0.135. The highest BCUT2D eigenvalue weighted by Gasteiger charge is 2.07. The molecule has 0 aliphatic carbocycles. The van der Waals surface area contributed by atoms with E-state index in [0.29, 0.717) is 25.0 Å². The monoisotopic (exact) mass is 460 g/mol. The number of hydrogen-bond acceptors (Lipinski definition) is 3. The van der Waals surface area contributed by atoms with Crippen molar-refractivity contribution in [2.75, 3.05) is 0 Å². The van der Waals surface area contributed by atoms with Gasteiger partial charge >= 0.3 is 0 Å². The molecule has 0 aromatic heterocycles. The lowest BCUT2D eigenvalue weighted by Crippen LogP contribution is -2.08. The average Bonchev–Trinajstić information content (AvgIpc) is 2.80. The smallest absolute Gasteiger partial charge is 0.198 e. The first-order chi connectivity index (χ1) is 16.1. The molecule has 0 heterocycles. The lowest BCUT2D eigenvalue weighted by Gasteiger charge is -2.02. The normalized spacial score (nSPS) is 11.6. The number of ketones is 3. The third-order valence-corrected chi connectivity index (χ3v) is 6.16. The summed E-state index contributed by atoms with van der Waals surface area (Å²) in [6, 6.07) is 0. The van der Waals surface area contributed by atoms with E-state index in [1.165, 1.54) is 64.7 Å². The highest BCUT2D eigenvalue weighted by Crippen LogP contribution is 2.11. The third kappa shape index (κ3) is 25.0. The number of carbonyl (C=O) groups excluding carboxylic acids is 3. The first-order valence-electron chi connectivity index (χ1n) is 13.9. The molecule has 0 N–H and O–H groups in total. The molecule has 0 aromatic rings. The Morgan fingerprint density at radius 2 is 0.939 bits per heavy atom. The van der Waals surface area contributed by atoms with Crippen molar-refractivity contribution < 1.29 is 14.4 Å². The molecule has 0 rings (SSSR count). The van der Waals surface area contributed by atoms with E-state index in [9.17, 15) is 14.4 Å². The second-order valence-electron chi connectivity index (χ2n) is 9.47. The summed E-state index contributed by atoms with van der Waals surface area (Å²) in [6.07, 6.45) is 32.2. The molecule has 0 saturated carbocycles. The molecule has 0 fully saturated rings. The SMILES string of the molecule is CCCCCCCCCCC=CCC=CCCCCCC(=O)CCCCCCC(=O)C(C)=O. The maximum atomic E-state index is 11.9. The Bertz CT molecular complexity index is 545. The second kappa shape index (κ2) is 25.1. The molecule has 0 atom stereocenters. The first kappa shape index (κ1) is 31.5. The van der Waals surface area contributed by atoms with Crippen LogP contribution in [0.2, 0.25) is 0 Å². The largest absolute Gasteiger partial charge is 0.300 e. The molecular weight excluding hydrogens is 408 g/mol. The van der Waals surface area contributed by atoms with Gasteiger partial charge in [-0.3, -0.25) is 14.4 Å². The van der Waals surface area contributed by atoms with Crippen LogP contribution < -0.4 is 0 Å². The molecular formula is C30H52O3. The summed E-state index contributed by atoms with van der Waals surface area (Å²) >= 11 is 0. The molecule has 0 unspecified atom stereocenters. The highest BCUT2D eigenvalue weighted by atomic mass is 16.2. The predicted octanol–water partition coefficient (Wildman–Crippen LogP) is 9.04. The van der Waals surface area contributed by atoms with Crippen LogP contribution in [0, 0.1) is 0 Å². The van der Waals surface area contributed by atoms with Crippen LogP contribution in [0.1, 0.15) is 149 Å². The van der Waals surface area contributed by atoms with Gasteiger partial charge in [0.15, 0.2) is 11.6 Å². The van der Waals surface area contributed by atoms with E-state index in [4.69, 9.17) is 0 Å². The molecule has 0 aliphatic heterocycles. The van der Waals surface area contributed by atoms with Gasteiger partial charge in [-0.25, -0.2) is 0 Å². The third-order valence-electron chi connectivity index (χ3n) is 6.16. The van der Waals surface area contributed by atoms with Crippen molar-refractivity contribution in [2.45, 2.75) is 149 Å². The van der Waals surface area contributed by atoms with Crippen LogP contribution in [0.3, 0.4) is 0 Å². The number of unbranched alkanes of at least 4 members (excludes halogenated alkanes) is 14. The van der Waals surface area contributed by atoms with Crippen LogP contribution in [-0.4, -0.2) is 17.3 Å². The van der Waals surface area contributed by atoms with E-state index >= 15 is 0 Å². The summed E-state index contributed by atoms with van der Waals surface area (Å²) in [5.41, 5.74) is 0. The van der Waals surface area contributed by atoms with E-state index < -0.39 is 0 Å². The zero-order valence-electron chi connectivity index (χ0n) is 21.9. The minimum absolute atomic E-state index is 0.272. The number of hydrogen-bond donors (Lipinski definition) is 0. The topological polar surface area (TPSA) is 51.2 Å². The fourth-order valence-electron chi connectivity index (χ4n) is 3.93. The Balaban J connectivity index is 3.35. The van der Waals surface area contributed by atoms with E-state index in [-0.39, 0.29) is 11.6 Å². The van der Waals surface area contributed by atoms with Gasteiger partial charge in [0.05, 0.1) is 0 Å². The van der Waals surface area contributed by atoms with Gasteiger partial charge in [0.25, 0.3) is 0 Å². The number of carbonyl (C=O) groups is 3. The van der Waals surface area contributed by atoms with E-state index in [0.717, 1.165) is 57.8 Å². The summed E-state index contributed by atoms with van der Waals surface area (Å²) in [7, 11) is 0. The minimum atomic E-state index is -0.346. The lowest BCUT2D eigenvalue weighted by atomic mass is 10.0. The predicted molar refractivity (Wildman–Crippen MR) is 142 cm³/mol. The van der Waals surface area contributed by atoms with Crippen LogP contribution in [0.4, 0.5) is 0 Å². The Morgan fingerprint density at radius 3 is 1.45 bits per heavy atom. The maximum Gasteiger partial charge on any atom is 0.198 e. The molecule has 0 radical (unpaired) electrons. The Kier molecular flexibility index (Phi) is 24.0. The maximum absolute atomic E-state index is 11.9. The van der Waals surface area contributed by atoms with Crippen LogP contribution in [0.25, 0.3) is 0 Å². The van der Waals surface area contributed by atoms with Crippen LogP contribution in [0.15, 0.2) is 24.3 Å². The number of Topliss-reactive ketones (excluding diaryl/α,β-unsaturated/α-hetero) is 3. The molecule has 0 saturated heterocycles. The van der Waals surface area contributed by atoms with Gasteiger partial charge in [-0.2, -0.15) is 0 Å².